The van der Waals surface area contributed by atoms with Crippen LogP contribution in [0.25, 0.3) is 0 Å². The fourth-order valence-corrected chi connectivity index (χ4v) is 3.10. The van der Waals surface area contributed by atoms with Gasteiger partial charge in [-0.2, -0.15) is 0 Å². The van der Waals surface area contributed by atoms with Crippen molar-refractivity contribution in [1.29, 1.82) is 0 Å². The summed E-state index contributed by atoms with van der Waals surface area (Å²) in [6.07, 6.45) is 1.99. The van der Waals surface area contributed by atoms with Crippen molar-refractivity contribution in [3.8, 4) is 0 Å². The van der Waals surface area contributed by atoms with Gasteiger partial charge < -0.3 is 10.6 Å². The van der Waals surface area contributed by atoms with E-state index in [9.17, 15) is 0 Å². The molecule has 3 nitrogen and oxygen atoms in total. The summed E-state index contributed by atoms with van der Waals surface area (Å²) >= 11 is 1.71. The molecule has 21 heavy (non-hydrogen) atoms. The van der Waals surface area contributed by atoms with Crippen LogP contribution in [-0.2, 0) is 6.42 Å². The van der Waals surface area contributed by atoms with E-state index in [0.717, 1.165) is 23.8 Å². The second kappa shape index (κ2) is 7.57. The zero-order valence-electron chi connectivity index (χ0n) is 13.1. The number of aromatic nitrogens is 1. The number of rotatable bonds is 7. The SMILES string of the molecule is CCC(C)CN(C)c1nc(CC(N)c2ccccc2)cs1. The summed E-state index contributed by atoms with van der Waals surface area (Å²) < 4.78 is 0. The molecule has 0 saturated heterocycles. The van der Waals surface area contributed by atoms with Crippen LogP contribution in [0.4, 0.5) is 5.13 Å². The third kappa shape index (κ3) is 4.55. The van der Waals surface area contributed by atoms with Crippen molar-refractivity contribution in [1.82, 2.24) is 4.98 Å². The predicted octanol–water partition coefficient (Wildman–Crippen LogP) is 3.87. The molecule has 0 fully saturated rings. The summed E-state index contributed by atoms with van der Waals surface area (Å²) in [5.74, 6) is 0.689. The van der Waals surface area contributed by atoms with Gasteiger partial charge in [0.15, 0.2) is 5.13 Å². The van der Waals surface area contributed by atoms with E-state index in [0.29, 0.717) is 5.92 Å². The van der Waals surface area contributed by atoms with Gasteiger partial charge in [-0.25, -0.2) is 4.98 Å². The average molecular weight is 303 g/mol. The van der Waals surface area contributed by atoms with Crippen molar-refractivity contribution in [2.75, 3.05) is 18.5 Å². The molecule has 1 heterocycles. The van der Waals surface area contributed by atoms with E-state index in [4.69, 9.17) is 10.7 Å². The van der Waals surface area contributed by atoms with Crippen LogP contribution < -0.4 is 10.6 Å². The Labute approximate surface area is 131 Å². The molecule has 2 atom stereocenters. The Morgan fingerprint density at radius 2 is 2.00 bits per heavy atom. The van der Waals surface area contributed by atoms with Crippen molar-refractivity contribution in [3.05, 3.63) is 47.0 Å². The molecule has 114 valence electrons. The van der Waals surface area contributed by atoms with E-state index in [2.05, 4.69) is 43.3 Å². The van der Waals surface area contributed by atoms with Crippen LogP contribution in [-0.4, -0.2) is 18.6 Å². The first-order chi connectivity index (χ1) is 10.1. The van der Waals surface area contributed by atoms with Crippen LogP contribution in [0.1, 0.15) is 37.6 Å². The minimum atomic E-state index is 0.0148. The molecular formula is C17H25N3S. The minimum absolute atomic E-state index is 0.0148. The quantitative estimate of drug-likeness (QED) is 0.844. The zero-order chi connectivity index (χ0) is 15.2. The fourth-order valence-electron chi connectivity index (χ4n) is 2.28. The molecule has 4 heteroatoms. The Bertz CT molecular complexity index is 538. The highest BCUT2D eigenvalue weighted by molar-refractivity contribution is 7.13. The third-order valence-electron chi connectivity index (χ3n) is 3.81. The van der Waals surface area contributed by atoms with E-state index in [1.54, 1.807) is 11.3 Å². The normalized spacial score (nSPS) is 13.9. The largest absolute Gasteiger partial charge is 0.351 e. The first-order valence-electron chi connectivity index (χ1n) is 7.56. The topological polar surface area (TPSA) is 42.2 Å². The maximum atomic E-state index is 6.27. The molecule has 2 rings (SSSR count). The molecule has 0 saturated carbocycles. The van der Waals surface area contributed by atoms with Gasteiger partial charge in [0.05, 0.1) is 5.69 Å². The summed E-state index contributed by atoms with van der Waals surface area (Å²) in [4.78, 5) is 6.97. The van der Waals surface area contributed by atoms with Crippen LogP contribution in [0.5, 0.6) is 0 Å². The maximum absolute atomic E-state index is 6.27. The van der Waals surface area contributed by atoms with Crippen LogP contribution in [0.2, 0.25) is 0 Å². The molecule has 0 aliphatic rings. The molecule has 0 aliphatic heterocycles. The maximum Gasteiger partial charge on any atom is 0.185 e. The smallest absolute Gasteiger partial charge is 0.185 e. The second-order valence-electron chi connectivity index (χ2n) is 5.74. The molecule has 0 bridgehead atoms. The lowest BCUT2D eigenvalue weighted by Crippen LogP contribution is -2.23. The molecule has 2 N–H and O–H groups in total. The Morgan fingerprint density at radius 1 is 1.29 bits per heavy atom. The second-order valence-corrected chi connectivity index (χ2v) is 6.57. The van der Waals surface area contributed by atoms with Crippen molar-refractivity contribution in [2.45, 2.75) is 32.7 Å². The Morgan fingerprint density at radius 3 is 2.67 bits per heavy atom. The van der Waals surface area contributed by atoms with Crippen LogP contribution in [0.3, 0.4) is 0 Å². The highest BCUT2D eigenvalue weighted by atomic mass is 32.1. The summed E-state index contributed by atoms with van der Waals surface area (Å²) in [5, 5.41) is 3.22. The molecule has 2 unspecified atom stereocenters. The van der Waals surface area contributed by atoms with Gasteiger partial charge in [0.25, 0.3) is 0 Å². The highest BCUT2D eigenvalue weighted by Crippen LogP contribution is 2.23. The van der Waals surface area contributed by atoms with Gasteiger partial charge in [-0.15, -0.1) is 11.3 Å². The molecule has 0 aliphatic carbocycles. The van der Waals surface area contributed by atoms with Gasteiger partial charge in [0.1, 0.15) is 0 Å². The number of hydrogen-bond acceptors (Lipinski definition) is 4. The Hall–Kier alpha value is -1.39. The number of nitrogens with two attached hydrogens (primary N) is 1. The van der Waals surface area contributed by atoms with Gasteiger partial charge in [-0.05, 0) is 11.5 Å². The molecule has 0 radical (unpaired) electrons. The number of benzene rings is 1. The summed E-state index contributed by atoms with van der Waals surface area (Å²) in [6.45, 7) is 5.55. The highest BCUT2D eigenvalue weighted by Gasteiger charge is 2.13. The summed E-state index contributed by atoms with van der Waals surface area (Å²) in [7, 11) is 2.12. The summed E-state index contributed by atoms with van der Waals surface area (Å²) in [6, 6.07) is 10.2. The average Bonchev–Trinajstić information content (AvgIpc) is 2.96. The van der Waals surface area contributed by atoms with E-state index in [1.807, 2.05) is 18.2 Å². The fraction of sp³-hybridized carbons (Fsp3) is 0.471. The van der Waals surface area contributed by atoms with Gasteiger partial charge in [-0.1, -0.05) is 50.6 Å². The number of nitrogens with zero attached hydrogens (tertiary/aromatic N) is 2. The lowest BCUT2D eigenvalue weighted by atomic mass is 10.0. The third-order valence-corrected chi connectivity index (χ3v) is 4.81. The molecule has 1 aromatic heterocycles. The first kappa shape index (κ1) is 16.0. The van der Waals surface area contributed by atoms with Gasteiger partial charge in [0, 0.05) is 31.4 Å². The molecular weight excluding hydrogens is 278 g/mol. The van der Waals surface area contributed by atoms with E-state index >= 15 is 0 Å². The van der Waals surface area contributed by atoms with Crippen LogP contribution in [0.15, 0.2) is 35.7 Å². The molecule has 0 amide bonds. The lowest BCUT2D eigenvalue weighted by molar-refractivity contribution is 0.559. The molecule has 1 aromatic carbocycles. The van der Waals surface area contributed by atoms with Gasteiger partial charge >= 0.3 is 0 Å². The minimum Gasteiger partial charge on any atom is -0.351 e. The van der Waals surface area contributed by atoms with Gasteiger partial charge in [0.2, 0.25) is 0 Å². The number of hydrogen-bond donors (Lipinski definition) is 1. The van der Waals surface area contributed by atoms with E-state index < -0.39 is 0 Å². The van der Waals surface area contributed by atoms with Crippen molar-refractivity contribution < 1.29 is 0 Å². The van der Waals surface area contributed by atoms with Crippen LogP contribution >= 0.6 is 11.3 Å². The standard InChI is InChI=1S/C17H25N3S/c1-4-13(2)11-20(3)17-19-15(12-21-17)10-16(18)14-8-6-5-7-9-14/h5-9,12-13,16H,4,10-11,18H2,1-3H3. The predicted molar refractivity (Wildman–Crippen MR) is 91.9 cm³/mol. The molecule has 2 aromatic rings. The van der Waals surface area contributed by atoms with Crippen LogP contribution in [0, 0.1) is 5.92 Å². The summed E-state index contributed by atoms with van der Waals surface area (Å²) in [5.41, 5.74) is 8.52. The van der Waals surface area contributed by atoms with E-state index in [-0.39, 0.29) is 6.04 Å². The van der Waals surface area contributed by atoms with E-state index in [1.165, 1.54) is 12.0 Å². The Balaban J connectivity index is 1.97. The lowest BCUT2D eigenvalue weighted by Gasteiger charge is -2.19. The van der Waals surface area contributed by atoms with Gasteiger partial charge in [-0.3, -0.25) is 0 Å². The molecule has 0 spiro atoms. The van der Waals surface area contributed by atoms with Crippen molar-refractivity contribution in [2.24, 2.45) is 11.7 Å². The first-order valence-corrected chi connectivity index (χ1v) is 8.44. The van der Waals surface area contributed by atoms with Crippen molar-refractivity contribution in [3.63, 3.8) is 0 Å². The number of anilines is 1. The monoisotopic (exact) mass is 303 g/mol. The number of thiazole rings is 1. The Kier molecular flexibility index (Phi) is 5.76. The zero-order valence-corrected chi connectivity index (χ0v) is 13.9. The van der Waals surface area contributed by atoms with Crippen molar-refractivity contribution >= 4 is 16.5 Å².